The minimum atomic E-state index is -0.641. The Hall–Kier alpha value is -2.67. The van der Waals surface area contributed by atoms with Crippen molar-refractivity contribution in [2.75, 3.05) is 31.5 Å². The van der Waals surface area contributed by atoms with Crippen molar-refractivity contribution >= 4 is 29.3 Å². The first-order valence-electron chi connectivity index (χ1n) is 8.46. The number of hydrogen-bond acceptors (Lipinski definition) is 5. The molecule has 1 unspecified atom stereocenters. The summed E-state index contributed by atoms with van der Waals surface area (Å²) in [6, 6.07) is 13.3. The van der Waals surface area contributed by atoms with Crippen LogP contribution in [0, 0.1) is 0 Å². The van der Waals surface area contributed by atoms with Gasteiger partial charge in [0.1, 0.15) is 6.04 Å². The highest BCUT2D eigenvalue weighted by Gasteiger charge is 2.21. The van der Waals surface area contributed by atoms with Gasteiger partial charge in [0.15, 0.2) is 11.5 Å². The highest BCUT2D eigenvalue weighted by molar-refractivity contribution is 7.98. The number of benzene rings is 2. The van der Waals surface area contributed by atoms with E-state index in [9.17, 15) is 9.59 Å². The van der Waals surface area contributed by atoms with E-state index in [4.69, 9.17) is 9.47 Å². The zero-order chi connectivity index (χ0) is 19.6. The molecule has 2 aromatic carbocycles. The zero-order valence-corrected chi connectivity index (χ0v) is 16.5. The topological polar surface area (TPSA) is 76.7 Å². The molecule has 0 aromatic heterocycles. The number of ether oxygens (including phenoxy) is 2. The molecule has 7 heteroatoms. The lowest BCUT2D eigenvalue weighted by Crippen LogP contribution is -2.44. The largest absolute Gasteiger partial charge is 0.493 e. The molecular formula is C20H24N2O4S. The normalized spacial score (nSPS) is 11.4. The molecule has 2 amide bonds. The highest BCUT2D eigenvalue weighted by atomic mass is 32.2. The van der Waals surface area contributed by atoms with Gasteiger partial charge in [-0.05, 0) is 42.7 Å². The number of hydrogen-bond donors (Lipinski definition) is 2. The Labute approximate surface area is 163 Å². The van der Waals surface area contributed by atoms with Crippen molar-refractivity contribution in [1.82, 2.24) is 5.32 Å². The molecule has 0 saturated heterocycles. The summed E-state index contributed by atoms with van der Waals surface area (Å²) in [6.45, 7) is 0. The zero-order valence-electron chi connectivity index (χ0n) is 15.7. The predicted molar refractivity (Wildman–Crippen MR) is 109 cm³/mol. The summed E-state index contributed by atoms with van der Waals surface area (Å²) < 4.78 is 10.5. The van der Waals surface area contributed by atoms with Gasteiger partial charge in [-0.25, -0.2) is 0 Å². The molecule has 27 heavy (non-hydrogen) atoms. The average molecular weight is 388 g/mol. The Morgan fingerprint density at radius 2 is 1.74 bits per heavy atom. The van der Waals surface area contributed by atoms with E-state index in [1.165, 1.54) is 7.11 Å². The van der Waals surface area contributed by atoms with Crippen molar-refractivity contribution in [2.45, 2.75) is 12.5 Å². The molecule has 0 heterocycles. The van der Waals surface area contributed by atoms with Crippen LogP contribution in [-0.4, -0.2) is 44.1 Å². The number of amides is 2. The second-order valence-electron chi connectivity index (χ2n) is 5.73. The van der Waals surface area contributed by atoms with Gasteiger partial charge in [0, 0.05) is 17.3 Å². The van der Waals surface area contributed by atoms with Crippen molar-refractivity contribution in [2.24, 2.45) is 0 Å². The van der Waals surface area contributed by atoms with Gasteiger partial charge >= 0.3 is 0 Å². The molecule has 0 aliphatic rings. The van der Waals surface area contributed by atoms with Crippen LogP contribution in [0.25, 0.3) is 0 Å². The van der Waals surface area contributed by atoms with Crippen molar-refractivity contribution in [3.63, 3.8) is 0 Å². The summed E-state index contributed by atoms with van der Waals surface area (Å²) in [6.07, 6.45) is 2.49. The molecule has 144 valence electrons. The summed E-state index contributed by atoms with van der Waals surface area (Å²) >= 11 is 1.62. The maximum absolute atomic E-state index is 12.7. The maximum Gasteiger partial charge on any atom is 0.251 e. The number of nitrogens with one attached hydrogen (secondary N) is 2. The minimum absolute atomic E-state index is 0.274. The Balaban J connectivity index is 2.11. The van der Waals surface area contributed by atoms with Crippen LogP contribution in [0.1, 0.15) is 16.8 Å². The second-order valence-corrected chi connectivity index (χ2v) is 6.72. The molecule has 2 N–H and O–H groups in total. The van der Waals surface area contributed by atoms with Gasteiger partial charge in [-0.2, -0.15) is 11.8 Å². The quantitative estimate of drug-likeness (QED) is 0.690. The molecule has 0 bridgehead atoms. The SMILES string of the molecule is COc1ccc(NC(=O)C(CCSC)NC(=O)c2ccccc2)cc1OC. The summed E-state index contributed by atoms with van der Waals surface area (Å²) in [4.78, 5) is 25.2. The van der Waals surface area contributed by atoms with E-state index in [0.29, 0.717) is 29.2 Å². The van der Waals surface area contributed by atoms with Crippen LogP contribution in [0.4, 0.5) is 5.69 Å². The van der Waals surface area contributed by atoms with Gasteiger partial charge in [0.05, 0.1) is 14.2 Å². The van der Waals surface area contributed by atoms with Crippen LogP contribution in [0.15, 0.2) is 48.5 Å². The second kappa shape index (κ2) is 10.5. The fourth-order valence-electron chi connectivity index (χ4n) is 2.48. The van der Waals surface area contributed by atoms with Gasteiger partial charge in [0.2, 0.25) is 5.91 Å². The molecule has 1 atom stereocenters. The van der Waals surface area contributed by atoms with E-state index in [1.54, 1.807) is 61.3 Å². The number of carbonyl (C=O) groups is 2. The van der Waals surface area contributed by atoms with E-state index in [0.717, 1.165) is 5.75 Å². The molecule has 2 aromatic rings. The molecule has 2 rings (SSSR count). The number of carbonyl (C=O) groups excluding carboxylic acids is 2. The van der Waals surface area contributed by atoms with Crippen molar-refractivity contribution in [1.29, 1.82) is 0 Å². The lowest BCUT2D eigenvalue weighted by Gasteiger charge is -2.19. The van der Waals surface area contributed by atoms with E-state index < -0.39 is 6.04 Å². The van der Waals surface area contributed by atoms with Crippen LogP contribution in [0.2, 0.25) is 0 Å². The molecule has 0 saturated carbocycles. The smallest absolute Gasteiger partial charge is 0.251 e. The minimum Gasteiger partial charge on any atom is -0.493 e. The maximum atomic E-state index is 12.7. The van der Waals surface area contributed by atoms with E-state index in [-0.39, 0.29) is 11.8 Å². The lowest BCUT2D eigenvalue weighted by atomic mass is 10.1. The summed E-state index contributed by atoms with van der Waals surface area (Å²) in [7, 11) is 3.08. The Bertz CT molecular complexity index is 768. The molecule has 0 aliphatic heterocycles. The van der Waals surface area contributed by atoms with Gasteiger partial charge < -0.3 is 20.1 Å². The van der Waals surface area contributed by atoms with Crippen LogP contribution in [-0.2, 0) is 4.79 Å². The van der Waals surface area contributed by atoms with E-state index in [2.05, 4.69) is 10.6 Å². The molecule has 0 radical (unpaired) electrons. The number of methoxy groups -OCH3 is 2. The lowest BCUT2D eigenvalue weighted by molar-refractivity contribution is -0.118. The first-order valence-corrected chi connectivity index (χ1v) is 9.86. The third kappa shape index (κ3) is 5.92. The van der Waals surface area contributed by atoms with Crippen LogP contribution < -0.4 is 20.1 Å². The number of anilines is 1. The van der Waals surface area contributed by atoms with E-state index in [1.807, 2.05) is 12.3 Å². The monoisotopic (exact) mass is 388 g/mol. The van der Waals surface area contributed by atoms with Crippen molar-refractivity contribution in [3.05, 3.63) is 54.1 Å². The van der Waals surface area contributed by atoms with Gasteiger partial charge in [-0.1, -0.05) is 18.2 Å². The number of rotatable bonds is 9. The Kier molecular flexibility index (Phi) is 8.00. The van der Waals surface area contributed by atoms with Gasteiger partial charge in [-0.15, -0.1) is 0 Å². The number of thioether (sulfide) groups is 1. The molecule has 0 aliphatic carbocycles. The molecule has 6 nitrogen and oxygen atoms in total. The summed E-state index contributed by atoms with van der Waals surface area (Å²) in [5.41, 5.74) is 1.09. The summed E-state index contributed by atoms with van der Waals surface area (Å²) in [5, 5.41) is 5.65. The van der Waals surface area contributed by atoms with Crippen molar-refractivity contribution < 1.29 is 19.1 Å². The van der Waals surface area contributed by atoms with Crippen LogP contribution >= 0.6 is 11.8 Å². The average Bonchev–Trinajstić information content (AvgIpc) is 2.71. The van der Waals surface area contributed by atoms with Crippen LogP contribution in [0.3, 0.4) is 0 Å². The fraction of sp³-hybridized carbons (Fsp3) is 0.300. The van der Waals surface area contributed by atoms with Crippen molar-refractivity contribution in [3.8, 4) is 11.5 Å². The first kappa shape index (κ1) is 20.6. The third-order valence-electron chi connectivity index (χ3n) is 3.92. The first-order chi connectivity index (χ1) is 13.1. The van der Waals surface area contributed by atoms with E-state index >= 15 is 0 Å². The standard InChI is InChI=1S/C20H24N2O4S/c1-25-17-10-9-15(13-18(17)26-2)21-20(24)16(11-12-27-3)22-19(23)14-7-5-4-6-8-14/h4-10,13,16H,11-12H2,1-3H3,(H,21,24)(H,22,23). The third-order valence-corrected chi connectivity index (χ3v) is 4.56. The molecular weight excluding hydrogens is 364 g/mol. The fourth-order valence-corrected chi connectivity index (χ4v) is 2.95. The highest BCUT2D eigenvalue weighted by Crippen LogP contribution is 2.29. The predicted octanol–water partition coefficient (Wildman–Crippen LogP) is 3.19. The summed E-state index contributed by atoms with van der Waals surface area (Å²) in [5.74, 6) is 1.29. The molecule has 0 fully saturated rings. The molecule has 0 spiro atoms. The van der Waals surface area contributed by atoms with Gasteiger partial charge in [-0.3, -0.25) is 9.59 Å². The Morgan fingerprint density at radius 1 is 1.04 bits per heavy atom. The van der Waals surface area contributed by atoms with Gasteiger partial charge in [0.25, 0.3) is 5.91 Å². The Morgan fingerprint density at radius 3 is 2.37 bits per heavy atom. The van der Waals surface area contributed by atoms with Crippen LogP contribution in [0.5, 0.6) is 11.5 Å².